The van der Waals surface area contributed by atoms with Gasteiger partial charge in [-0.2, -0.15) is 0 Å². The van der Waals surface area contributed by atoms with Crippen molar-refractivity contribution in [3.05, 3.63) is 0 Å². The van der Waals surface area contributed by atoms with E-state index in [1.54, 1.807) is 0 Å². The van der Waals surface area contributed by atoms with Crippen LogP contribution in [-0.2, 0) is 4.79 Å². The van der Waals surface area contributed by atoms with Gasteiger partial charge in [0.2, 0.25) is 5.91 Å². The second-order valence-electron chi connectivity index (χ2n) is 5.35. The molecule has 0 aromatic heterocycles. The van der Waals surface area contributed by atoms with Gasteiger partial charge in [0.1, 0.15) is 0 Å². The summed E-state index contributed by atoms with van der Waals surface area (Å²) in [4.78, 5) is 17.9. The summed E-state index contributed by atoms with van der Waals surface area (Å²) in [5.74, 6) is 1.12. The first-order valence-corrected chi connectivity index (χ1v) is 6.99. The first-order valence-electron chi connectivity index (χ1n) is 6.99. The van der Waals surface area contributed by atoms with Crippen molar-refractivity contribution in [2.75, 3.05) is 20.1 Å². The monoisotopic (exact) mass is 380 g/mol. The maximum absolute atomic E-state index is 11.5. The number of nitrogens with one attached hydrogen (secondary N) is 1. The molecule has 0 spiro atoms. The predicted molar refractivity (Wildman–Crippen MR) is 87.7 cm³/mol. The molecule has 0 aromatic carbocycles. The van der Waals surface area contributed by atoms with Crippen LogP contribution in [0.2, 0.25) is 0 Å². The lowest BCUT2D eigenvalue weighted by Crippen LogP contribution is -2.36. The Kier molecular flexibility index (Phi) is 6.88. The van der Waals surface area contributed by atoms with Crippen LogP contribution in [0.25, 0.3) is 0 Å². The highest BCUT2D eigenvalue weighted by Gasteiger charge is 2.27. The Morgan fingerprint density at radius 3 is 2.58 bits per heavy atom. The minimum Gasteiger partial charge on any atom is -0.370 e. The van der Waals surface area contributed by atoms with E-state index >= 15 is 0 Å². The van der Waals surface area contributed by atoms with Crippen molar-refractivity contribution >= 4 is 35.8 Å². The van der Waals surface area contributed by atoms with Crippen molar-refractivity contribution in [3.8, 4) is 0 Å². The summed E-state index contributed by atoms with van der Waals surface area (Å²) in [6.07, 6.45) is 6.63. The molecule has 6 heteroatoms. The molecule has 0 radical (unpaired) electrons. The van der Waals surface area contributed by atoms with E-state index in [0.29, 0.717) is 25.1 Å². The molecule has 2 saturated carbocycles. The minimum absolute atomic E-state index is 0. The lowest BCUT2D eigenvalue weighted by atomic mass is 9.85. The Morgan fingerprint density at radius 1 is 1.37 bits per heavy atom. The van der Waals surface area contributed by atoms with Crippen LogP contribution in [0.1, 0.15) is 38.5 Å². The van der Waals surface area contributed by atoms with E-state index in [1.807, 2.05) is 11.9 Å². The molecule has 0 aromatic rings. The lowest BCUT2D eigenvalue weighted by Gasteiger charge is -2.23. The Labute approximate surface area is 132 Å². The highest BCUT2D eigenvalue weighted by Crippen LogP contribution is 2.26. The van der Waals surface area contributed by atoms with Gasteiger partial charge in [0, 0.05) is 32.1 Å². The highest BCUT2D eigenvalue weighted by atomic mass is 127. The van der Waals surface area contributed by atoms with Crippen molar-refractivity contribution in [3.63, 3.8) is 0 Å². The molecule has 110 valence electrons. The van der Waals surface area contributed by atoms with E-state index in [1.165, 1.54) is 19.3 Å². The summed E-state index contributed by atoms with van der Waals surface area (Å²) >= 11 is 0. The van der Waals surface area contributed by atoms with E-state index in [9.17, 15) is 4.79 Å². The van der Waals surface area contributed by atoms with Crippen molar-refractivity contribution in [2.24, 2.45) is 16.6 Å². The first-order chi connectivity index (χ1) is 8.68. The van der Waals surface area contributed by atoms with Gasteiger partial charge in [-0.05, 0) is 32.1 Å². The van der Waals surface area contributed by atoms with E-state index < -0.39 is 0 Å². The molecule has 2 rings (SSSR count). The van der Waals surface area contributed by atoms with Gasteiger partial charge >= 0.3 is 0 Å². The smallest absolute Gasteiger partial charge is 0.223 e. The van der Waals surface area contributed by atoms with Gasteiger partial charge in [-0.15, -0.1) is 24.0 Å². The van der Waals surface area contributed by atoms with Gasteiger partial charge in [-0.25, -0.2) is 0 Å². The lowest BCUT2D eigenvalue weighted by molar-refractivity contribution is -0.127. The van der Waals surface area contributed by atoms with Crippen LogP contribution in [-0.4, -0.2) is 42.9 Å². The van der Waals surface area contributed by atoms with E-state index in [2.05, 4.69) is 10.3 Å². The van der Waals surface area contributed by atoms with Gasteiger partial charge in [-0.1, -0.05) is 6.42 Å². The number of carbonyl (C=O) groups excluding carboxylic acids is 1. The average Bonchev–Trinajstić information content (AvgIpc) is 3.08. The summed E-state index contributed by atoms with van der Waals surface area (Å²) < 4.78 is 0. The minimum atomic E-state index is 0. The number of guanidine groups is 1. The highest BCUT2D eigenvalue weighted by molar-refractivity contribution is 14.0. The molecule has 2 fully saturated rings. The summed E-state index contributed by atoms with van der Waals surface area (Å²) in [6.45, 7) is 1.40. The maximum atomic E-state index is 11.5. The SMILES string of the molecule is CN(C(N)=NCCCNC(=O)C1CCC1)C1CC1.I. The number of nitrogens with zero attached hydrogens (tertiary/aromatic N) is 2. The van der Waals surface area contributed by atoms with Gasteiger partial charge in [0.25, 0.3) is 0 Å². The molecule has 2 aliphatic rings. The van der Waals surface area contributed by atoms with Gasteiger partial charge in [0.15, 0.2) is 5.96 Å². The van der Waals surface area contributed by atoms with Crippen LogP contribution in [0.3, 0.4) is 0 Å². The maximum Gasteiger partial charge on any atom is 0.223 e. The predicted octanol–water partition coefficient (Wildman–Crippen LogP) is 1.32. The topological polar surface area (TPSA) is 70.7 Å². The summed E-state index contributed by atoms with van der Waals surface area (Å²) in [7, 11) is 1.99. The molecule has 0 unspecified atom stereocenters. The molecule has 0 saturated heterocycles. The van der Waals surface area contributed by atoms with Crippen LogP contribution in [0.15, 0.2) is 4.99 Å². The Balaban J connectivity index is 0.00000180. The van der Waals surface area contributed by atoms with Gasteiger partial charge in [-0.3, -0.25) is 9.79 Å². The fourth-order valence-electron chi connectivity index (χ4n) is 2.06. The molecular weight excluding hydrogens is 355 g/mol. The molecule has 0 heterocycles. The molecule has 19 heavy (non-hydrogen) atoms. The van der Waals surface area contributed by atoms with E-state index in [0.717, 1.165) is 19.3 Å². The first kappa shape index (κ1) is 16.5. The summed E-state index contributed by atoms with van der Waals surface area (Å²) in [5, 5.41) is 2.96. The number of aliphatic imine (C=N–C) groups is 1. The molecule has 2 aliphatic carbocycles. The van der Waals surface area contributed by atoms with Crippen LogP contribution in [0.4, 0.5) is 0 Å². The Morgan fingerprint density at radius 2 is 2.05 bits per heavy atom. The van der Waals surface area contributed by atoms with Crippen LogP contribution >= 0.6 is 24.0 Å². The van der Waals surface area contributed by atoms with Crippen LogP contribution < -0.4 is 11.1 Å². The molecule has 1 amide bonds. The molecule has 5 nitrogen and oxygen atoms in total. The van der Waals surface area contributed by atoms with E-state index in [-0.39, 0.29) is 35.8 Å². The molecule has 3 N–H and O–H groups in total. The second kappa shape index (κ2) is 7.91. The third-order valence-corrected chi connectivity index (χ3v) is 3.84. The Hall–Kier alpha value is -0.530. The standard InChI is InChI=1S/C13H24N4O.HI/c1-17(11-6-7-11)13(14)16-9-3-8-15-12(18)10-4-2-5-10;/h10-11H,2-9H2,1H3,(H2,14,16)(H,15,18);1H. The largest absolute Gasteiger partial charge is 0.370 e. The number of nitrogens with two attached hydrogens (primary N) is 1. The van der Waals surface area contributed by atoms with Gasteiger partial charge < -0.3 is 16.0 Å². The number of halogens is 1. The number of hydrogen-bond acceptors (Lipinski definition) is 2. The van der Waals surface area contributed by atoms with Crippen molar-refractivity contribution < 1.29 is 4.79 Å². The molecule has 0 atom stereocenters. The molecule has 0 bridgehead atoms. The fourth-order valence-corrected chi connectivity index (χ4v) is 2.06. The second-order valence-corrected chi connectivity index (χ2v) is 5.35. The number of hydrogen-bond donors (Lipinski definition) is 2. The van der Waals surface area contributed by atoms with Crippen molar-refractivity contribution in [1.29, 1.82) is 0 Å². The third kappa shape index (κ3) is 5.16. The zero-order valence-corrected chi connectivity index (χ0v) is 13.9. The summed E-state index contributed by atoms with van der Waals surface area (Å²) in [5.41, 5.74) is 5.87. The average molecular weight is 380 g/mol. The zero-order chi connectivity index (χ0) is 13.0. The van der Waals surface area contributed by atoms with E-state index in [4.69, 9.17) is 5.73 Å². The van der Waals surface area contributed by atoms with Gasteiger partial charge in [0.05, 0.1) is 0 Å². The number of amides is 1. The fraction of sp³-hybridized carbons (Fsp3) is 0.846. The van der Waals surface area contributed by atoms with Crippen molar-refractivity contribution in [2.45, 2.75) is 44.6 Å². The van der Waals surface area contributed by atoms with Crippen LogP contribution in [0, 0.1) is 5.92 Å². The number of rotatable bonds is 6. The normalized spacial score (nSPS) is 19.3. The quantitative estimate of drug-likeness (QED) is 0.316. The Bertz CT molecular complexity index is 327. The third-order valence-electron chi connectivity index (χ3n) is 3.84. The molecule has 0 aliphatic heterocycles. The molecular formula is C13H25IN4O. The van der Waals surface area contributed by atoms with Crippen molar-refractivity contribution in [1.82, 2.24) is 10.2 Å². The summed E-state index contributed by atoms with van der Waals surface area (Å²) in [6, 6.07) is 0.604. The van der Waals surface area contributed by atoms with Crippen LogP contribution in [0.5, 0.6) is 0 Å². The number of carbonyl (C=O) groups is 1. The zero-order valence-electron chi connectivity index (χ0n) is 11.6.